The van der Waals surface area contributed by atoms with Gasteiger partial charge in [0.05, 0.1) is 23.2 Å². The molecule has 0 fully saturated rings. The minimum absolute atomic E-state index is 0.0195. The topological polar surface area (TPSA) is 61.2 Å². The largest absolute Gasteiger partial charge is 0.484 e. The Morgan fingerprint density at radius 2 is 2.15 bits per heavy atom. The SMILES string of the molecule is Cn1cncc1COc1c(Cl)cc(Br)cc1S(=O)(=O)Cl. The lowest BCUT2D eigenvalue weighted by Crippen LogP contribution is -2.04. The Hall–Kier alpha value is -0.760. The molecule has 0 N–H and O–H groups in total. The van der Waals surface area contributed by atoms with Gasteiger partial charge in [-0.25, -0.2) is 13.4 Å². The van der Waals surface area contributed by atoms with Gasteiger partial charge < -0.3 is 9.30 Å². The summed E-state index contributed by atoms with van der Waals surface area (Å²) in [5.41, 5.74) is 0.766. The fourth-order valence-corrected chi connectivity index (χ4v) is 3.60. The molecule has 0 bridgehead atoms. The summed E-state index contributed by atoms with van der Waals surface area (Å²) in [7, 11) is 3.23. The average molecular weight is 400 g/mol. The van der Waals surface area contributed by atoms with Crippen LogP contribution >= 0.6 is 38.2 Å². The number of benzene rings is 1. The van der Waals surface area contributed by atoms with E-state index in [0.717, 1.165) is 5.69 Å². The Labute approximate surface area is 134 Å². The van der Waals surface area contributed by atoms with Crippen molar-refractivity contribution in [3.8, 4) is 5.75 Å². The number of nitrogens with zero attached hydrogens (tertiary/aromatic N) is 2. The number of imidazole rings is 1. The van der Waals surface area contributed by atoms with Crippen molar-refractivity contribution < 1.29 is 13.2 Å². The van der Waals surface area contributed by atoms with E-state index in [2.05, 4.69) is 20.9 Å². The van der Waals surface area contributed by atoms with Crippen molar-refractivity contribution in [1.29, 1.82) is 0 Å². The predicted octanol–water partition coefficient (Wildman–Crippen LogP) is 3.34. The molecule has 0 saturated heterocycles. The summed E-state index contributed by atoms with van der Waals surface area (Å²) in [5.74, 6) is 0.0195. The normalized spacial score (nSPS) is 11.6. The highest BCUT2D eigenvalue weighted by Crippen LogP contribution is 2.37. The Morgan fingerprint density at radius 1 is 1.45 bits per heavy atom. The van der Waals surface area contributed by atoms with Crippen LogP contribution in [0.5, 0.6) is 5.75 Å². The van der Waals surface area contributed by atoms with E-state index in [4.69, 9.17) is 27.0 Å². The highest BCUT2D eigenvalue weighted by atomic mass is 79.9. The average Bonchev–Trinajstić information content (AvgIpc) is 2.72. The number of rotatable bonds is 4. The summed E-state index contributed by atoms with van der Waals surface area (Å²) in [4.78, 5) is 3.76. The molecule has 5 nitrogen and oxygen atoms in total. The Bertz CT molecular complexity index is 746. The van der Waals surface area contributed by atoms with E-state index >= 15 is 0 Å². The van der Waals surface area contributed by atoms with Crippen molar-refractivity contribution >= 4 is 47.3 Å². The van der Waals surface area contributed by atoms with Gasteiger partial charge >= 0.3 is 0 Å². The van der Waals surface area contributed by atoms with Crippen LogP contribution in [0.3, 0.4) is 0 Å². The van der Waals surface area contributed by atoms with E-state index in [1.807, 2.05) is 0 Å². The van der Waals surface area contributed by atoms with E-state index in [-0.39, 0.29) is 22.3 Å². The van der Waals surface area contributed by atoms with Crippen molar-refractivity contribution in [2.45, 2.75) is 11.5 Å². The Morgan fingerprint density at radius 3 is 2.70 bits per heavy atom. The monoisotopic (exact) mass is 398 g/mol. The third kappa shape index (κ3) is 3.46. The van der Waals surface area contributed by atoms with Crippen LogP contribution in [0.4, 0.5) is 0 Å². The highest BCUT2D eigenvalue weighted by molar-refractivity contribution is 9.10. The number of aromatic nitrogens is 2. The van der Waals surface area contributed by atoms with Crippen LogP contribution in [0.2, 0.25) is 5.02 Å². The molecule has 0 saturated carbocycles. The van der Waals surface area contributed by atoms with E-state index in [0.29, 0.717) is 4.47 Å². The van der Waals surface area contributed by atoms with Gasteiger partial charge in [0, 0.05) is 22.2 Å². The van der Waals surface area contributed by atoms with Crippen LogP contribution in [-0.4, -0.2) is 18.0 Å². The molecule has 2 aromatic rings. The first kappa shape index (κ1) is 15.6. The molecule has 0 radical (unpaired) electrons. The van der Waals surface area contributed by atoms with Gasteiger partial charge in [-0.15, -0.1) is 0 Å². The van der Waals surface area contributed by atoms with Gasteiger partial charge in [-0.3, -0.25) is 0 Å². The molecule has 0 aliphatic rings. The zero-order valence-electron chi connectivity index (χ0n) is 10.2. The summed E-state index contributed by atoms with van der Waals surface area (Å²) in [6.45, 7) is 0.122. The van der Waals surface area contributed by atoms with Gasteiger partial charge in [0.1, 0.15) is 11.5 Å². The Kier molecular flexibility index (Phi) is 4.63. The summed E-state index contributed by atoms with van der Waals surface area (Å²) in [6.07, 6.45) is 3.22. The minimum atomic E-state index is -3.97. The molecule has 1 aromatic carbocycles. The smallest absolute Gasteiger partial charge is 0.265 e. The number of hydrogen-bond acceptors (Lipinski definition) is 4. The van der Waals surface area contributed by atoms with E-state index in [9.17, 15) is 8.42 Å². The van der Waals surface area contributed by atoms with Gasteiger partial charge in [-0.1, -0.05) is 27.5 Å². The second kappa shape index (κ2) is 5.93. The number of aryl methyl sites for hydroxylation is 1. The number of ether oxygens (including phenoxy) is 1. The zero-order valence-corrected chi connectivity index (χ0v) is 14.1. The lowest BCUT2D eigenvalue weighted by Gasteiger charge is -2.12. The van der Waals surface area contributed by atoms with Crippen molar-refractivity contribution in [3.63, 3.8) is 0 Å². The lowest BCUT2D eigenvalue weighted by atomic mass is 10.3. The zero-order chi connectivity index (χ0) is 14.9. The van der Waals surface area contributed by atoms with Crippen LogP contribution in [-0.2, 0) is 22.7 Å². The van der Waals surface area contributed by atoms with Crippen LogP contribution < -0.4 is 4.74 Å². The second-order valence-corrected chi connectivity index (χ2v) is 7.79. The molecule has 9 heteroatoms. The molecule has 0 aliphatic heterocycles. The fourth-order valence-electron chi connectivity index (χ4n) is 1.53. The first-order chi connectivity index (χ1) is 9.29. The molecule has 1 heterocycles. The standard InChI is InChI=1S/C11H9BrCl2N2O3S/c1-16-6-15-4-8(16)5-19-11-9(13)2-7(12)3-10(11)20(14,17)18/h2-4,6H,5H2,1H3. The van der Waals surface area contributed by atoms with Gasteiger partial charge in [0.2, 0.25) is 0 Å². The third-order valence-corrected chi connectivity index (χ3v) is 4.58. The molecule has 2 rings (SSSR count). The van der Waals surface area contributed by atoms with E-state index in [1.54, 1.807) is 24.1 Å². The van der Waals surface area contributed by atoms with Crippen molar-refractivity contribution in [2.75, 3.05) is 0 Å². The fraction of sp³-hybridized carbons (Fsp3) is 0.182. The van der Waals surface area contributed by atoms with Gasteiger partial charge in [-0.05, 0) is 12.1 Å². The maximum atomic E-state index is 11.6. The number of hydrogen-bond donors (Lipinski definition) is 0. The third-order valence-electron chi connectivity index (χ3n) is 2.52. The lowest BCUT2D eigenvalue weighted by molar-refractivity contribution is 0.289. The maximum absolute atomic E-state index is 11.6. The number of halogens is 3. The van der Waals surface area contributed by atoms with Gasteiger partial charge in [-0.2, -0.15) is 0 Å². The van der Waals surface area contributed by atoms with Crippen LogP contribution in [0.1, 0.15) is 5.69 Å². The summed E-state index contributed by atoms with van der Waals surface area (Å²) in [6, 6.07) is 2.87. The van der Waals surface area contributed by atoms with E-state index < -0.39 is 9.05 Å². The molecule has 20 heavy (non-hydrogen) atoms. The predicted molar refractivity (Wildman–Crippen MR) is 79.7 cm³/mol. The quantitative estimate of drug-likeness (QED) is 0.739. The van der Waals surface area contributed by atoms with Crippen molar-refractivity contribution in [1.82, 2.24) is 9.55 Å². The minimum Gasteiger partial charge on any atom is -0.484 e. The molecule has 108 valence electrons. The first-order valence-electron chi connectivity index (χ1n) is 5.30. The highest BCUT2D eigenvalue weighted by Gasteiger charge is 2.21. The van der Waals surface area contributed by atoms with Gasteiger partial charge in [0.15, 0.2) is 5.75 Å². The summed E-state index contributed by atoms with van der Waals surface area (Å²) in [5, 5.41) is 0.153. The molecular weight excluding hydrogens is 391 g/mol. The van der Waals surface area contributed by atoms with Crippen LogP contribution in [0.15, 0.2) is 34.0 Å². The molecule has 1 aromatic heterocycles. The molecular formula is C11H9BrCl2N2O3S. The van der Waals surface area contributed by atoms with Crippen molar-refractivity contribution in [3.05, 3.63) is 39.8 Å². The summed E-state index contributed by atoms with van der Waals surface area (Å²) >= 11 is 9.18. The van der Waals surface area contributed by atoms with Crippen LogP contribution in [0.25, 0.3) is 0 Å². The van der Waals surface area contributed by atoms with E-state index in [1.165, 1.54) is 12.1 Å². The molecule has 0 atom stereocenters. The second-order valence-electron chi connectivity index (χ2n) is 3.94. The van der Waals surface area contributed by atoms with Gasteiger partial charge in [0.25, 0.3) is 9.05 Å². The van der Waals surface area contributed by atoms with Crippen molar-refractivity contribution in [2.24, 2.45) is 7.05 Å². The molecule has 0 spiro atoms. The van der Waals surface area contributed by atoms with Crippen LogP contribution in [0, 0.1) is 0 Å². The first-order valence-corrected chi connectivity index (χ1v) is 8.79. The Balaban J connectivity index is 2.38. The maximum Gasteiger partial charge on any atom is 0.265 e. The molecule has 0 aliphatic carbocycles. The summed E-state index contributed by atoms with van der Waals surface area (Å²) < 4.78 is 30.9. The molecule has 0 unspecified atom stereocenters. The molecule has 0 amide bonds.